The Bertz CT molecular complexity index is 504. The highest BCUT2D eigenvalue weighted by molar-refractivity contribution is 5.96. The van der Waals surface area contributed by atoms with Gasteiger partial charge in [0.2, 0.25) is 5.88 Å². The summed E-state index contributed by atoms with van der Waals surface area (Å²) in [7, 11) is 1.47. The first-order valence-corrected chi connectivity index (χ1v) is 6.95. The highest BCUT2D eigenvalue weighted by Crippen LogP contribution is 2.26. The van der Waals surface area contributed by atoms with Gasteiger partial charge in [-0.25, -0.2) is 4.98 Å². The minimum Gasteiger partial charge on any atom is -0.480 e. The molecule has 1 heterocycles. The SMILES string of the molecule is COc1ncccc1C(=O)NC(C#N)C1CCCCC1. The number of pyridine rings is 1. The van der Waals surface area contributed by atoms with Gasteiger partial charge < -0.3 is 10.1 Å². The number of methoxy groups -OCH3 is 1. The smallest absolute Gasteiger partial charge is 0.257 e. The van der Waals surface area contributed by atoms with E-state index in [0.29, 0.717) is 5.56 Å². The van der Waals surface area contributed by atoms with Crippen LogP contribution in [-0.4, -0.2) is 24.0 Å². The number of nitrogens with one attached hydrogen (secondary N) is 1. The topological polar surface area (TPSA) is 75.0 Å². The summed E-state index contributed by atoms with van der Waals surface area (Å²) < 4.78 is 5.07. The van der Waals surface area contributed by atoms with Gasteiger partial charge in [-0.2, -0.15) is 5.26 Å². The van der Waals surface area contributed by atoms with Crippen molar-refractivity contribution in [1.29, 1.82) is 5.26 Å². The van der Waals surface area contributed by atoms with E-state index in [1.165, 1.54) is 13.5 Å². The zero-order valence-corrected chi connectivity index (χ0v) is 11.6. The molecule has 0 aliphatic heterocycles. The van der Waals surface area contributed by atoms with Crippen LogP contribution in [0.5, 0.6) is 5.88 Å². The Kier molecular flexibility index (Phi) is 4.94. The Balaban J connectivity index is 2.07. The van der Waals surface area contributed by atoms with Gasteiger partial charge in [0.15, 0.2) is 0 Å². The molecule has 106 valence electrons. The minimum atomic E-state index is -0.437. The van der Waals surface area contributed by atoms with Crippen molar-refractivity contribution >= 4 is 5.91 Å². The summed E-state index contributed by atoms with van der Waals surface area (Å²) in [5.41, 5.74) is 0.367. The van der Waals surface area contributed by atoms with Crippen molar-refractivity contribution < 1.29 is 9.53 Å². The van der Waals surface area contributed by atoms with Gasteiger partial charge in [0, 0.05) is 6.20 Å². The van der Waals surface area contributed by atoms with E-state index >= 15 is 0 Å². The highest BCUT2D eigenvalue weighted by Gasteiger charge is 2.26. The number of rotatable bonds is 4. The third-order valence-electron chi connectivity index (χ3n) is 3.76. The van der Waals surface area contributed by atoms with Crippen molar-refractivity contribution in [2.75, 3.05) is 7.11 Å². The first-order valence-electron chi connectivity index (χ1n) is 6.95. The molecule has 0 saturated heterocycles. The van der Waals surface area contributed by atoms with E-state index < -0.39 is 6.04 Å². The second-order valence-corrected chi connectivity index (χ2v) is 5.04. The Morgan fingerprint density at radius 2 is 2.25 bits per heavy atom. The van der Waals surface area contributed by atoms with E-state index in [1.54, 1.807) is 18.3 Å². The fourth-order valence-corrected chi connectivity index (χ4v) is 2.67. The lowest BCUT2D eigenvalue weighted by Crippen LogP contribution is -2.40. The Hall–Kier alpha value is -2.09. The molecule has 1 fully saturated rings. The standard InChI is InChI=1S/C15H19N3O2/c1-20-15-12(8-5-9-17-15)14(19)18-13(10-16)11-6-3-2-4-7-11/h5,8-9,11,13H,2-4,6-7H2,1H3,(H,18,19). The van der Waals surface area contributed by atoms with Crippen LogP contribution in [0.2, 0.25) is 0 Å². The van der Waals surface area contributed by atoms with E-state index in [1.807, 2.05) is 0 Å². The van der Waals surface area contributed by atoms with Crippen molar-refractivity contribution in [2.24, 2.45) is 5.92 Å². The van der Waals surface area contributed by atoms with Crippen LogP contribution in [0.1, 0.15) is 42.5 Å². The minimum absolute atomic E-state index is 0.250. The number of hydrogen-bond acceptors (Lipinski definition) is 4. The number of carbonyl (C=O) groups excluding carboxylic acids is 1. The summed E-state index contributed by atoms with van der Waals surface area (Å²) in [6.45, 7) is 0. The molecule has 20 heavy (non-hydrogen) atoms. The van der Waals surface area contributed by atoms with Gasteiger partial charge in [-0.3, -0.25) is 4.79 Å². The lowest BCUT2D eigenvalue weighted by atomic mass is 9.84. The molecule has 1 aliphatic carbocycles. The van der Waals surface area contributed by atoms with Crippen molar-refractivity contribution in [1.82, 2.24) is 10.3 Å². The summed E-state index contributed by atoms with van der Waals surface area (Å²) in [5.74, 6) is 0.234. The van der Waals surface area contributed by atoms with Crippen LogP contribution >= 0.6 is 0 Å². The maximum atomic E-state index is 12.3. The van der Waals surface area contributed by atoms with Crippen LogP contribution in [-0.2, 0) is 0 Å². The largest absolute Gasteiger partial charge is 0.480 e. The van der Waals surface area contributed by atoms with E-state index in [-0.39, 0.29) is 17.7 Å². The first kappa shape index (κ1) is 14.3. The van der Waals surface area contributed by atoms with E-state index in [9.17, 15) is 10.1 Å². The van der Waals surface area contributed by atoms with Gasteiger partial charge in [-0.15, -0.1) is 0 Å². The van der Waals surface area contributed by atoms with Gasteiger partial charge in [0.1, 0.15) is 11.6 Å². The van der Waals surface area contributed by atoms with Gasteiger partial charge >= 0.3 is 0 Å². The van der Waals surface area contributed by atoms with Crippen LogP contribution in [0.15, 0.2) is 18.3 Å². The molecule has 0 aromatic carbocycles. The molecule has 2 rings (SSSR count). The second-order valence-electron chi connectivity index (χ2n) is 5.04. The third-order valence-corrected chi connectivity index (χ3v) is 3.76. The fraction of sp³-hybridized carbons (Fsp3) is 0.533. The molecule has 1 unspecified atom stereocenters. The monoisotopic (exact) mass is 273 g/mol. The van der Waals surface area contributed by atoms with Crippen LogP contribution in [0.25, 0.3) is 0 Å². The molecule has 0 radical (unpaired) electrons. The summed E-state index contributed by atoms with van der Waals surface area (Å²) in [6.07, 6.45) is 7.06. The highest BCUT2D eigenvalue weighted by atomic mass is 16.5. The van der Waals surface area contributed by atoms with Gasteiger partial charge in [-0.1, -0.05) is 19.3 Å². The zero-order valence-electron chi connectivity index (χ0n) is 11.6. The van der Waals surface area contributed by atoms with E-state index in [2.05, 4.69) is 16.4 Å². The average molecular weight is 273 g/mol. The van der Waals surface area contributed by atoms with Crippen LogP contribution in [0, 0.1) is 17.2 Å². The van der Waals surface area contributed by atoms with Crippen LogP contribution in [0.4, 0.5) is 0 Å². The Labute approximate surface area is 119 Å². The zero-order chi connectivity index (χ0) is 14.4. The lowest BCUT2D eigenvalue weighted by molar-refractivity contribution is 0.0925. The van der Waals surface area contributed by atoms with Crippen LogP contribution in [0.3, 0.4) is 0 Å². The maximum absolute atomic E-state index is 12.3. The molecule has 1 atom stereocenters. The second kappa shape index (κ2) is 6.90. The van der Waals surface area contributed by atoms with Gasteiger partial charge in [-0.05, 0) is 30.9 Å². The number of ether oxygens (including phenoxy) is 1. The molecule has 1 N–H and O–H groups in total. The number of carbonyl (C=O) groups is 1. The molecule has 1 saturated carbocycles. The van der Waals surface area contributed by atoms with Crippen molar-refractivity contribution in [3.8, 4) is 11.9 Å². The lowest BCUT2D eigenvalue weighted by Gasteiger charge is -2.26. The third kappa shape index (κ3) is 3.27. The number of nitriles is 1. The molecule has 0 bridgehead atoms. The Morgan fingerprint density at radius 3 is 2.90 bits per heavy atom. The fourth-order valence-electron chi connectivity index (χ4n) is 2.67. The maximum Gasteiger partial charge on any atom is 0.257 e. The predicted molar refractivity (Wildman–Crippen MR) is 74.2 cm³/mol. The summed E-state index contributed by atoms with van der Waals surface area (Å²) in [6, 6.07) is 5.11. The number of amides is 1. The molecule has 1 amide bonds. The molecule has 5 nitrogen and oxygen atoms in total. The molecule has 1 aromatic heterocycles. The molecule has 5 heteroatoms. The summed E-state index contributed by atoms with van der Waals surface area (Å²) in [5, 5.41) is 12.1. The quantitative estimate of drug-likeness (QED) is 0.913. The molecule has 1 aliphatic rings. The first-order chi connectivity index (χ1) is 9.76. The number of hydrogen-bond donors (Lipinski definition) is 1. The number of aromatic nitrogens is 1. The average Bonchev–Trinajstić information content (AvgIpc) is 2.53. The molecular formula is C15H19N3O2. The van der Waals surface area contributed by atoms with Crippen molar-refractivity contribution in [2.45, 2.75) is 38.1 Å². The Morgan fingerprint density at radius 1 is 1.50 bits per heavy atom. The van der Waals surface area contributed by atoms with E-state index in [4.69, 9.17) is 4.74 Å². The van der Waals surface area contributed by atoms with Gasteiger partial charge in [0.25, 0.3) is 5.91 Å². The number of nitrogens with zero attached hydrogens (tertiary/aromatic N) is 2. The molecular weight excluding hydrogens is 254 g/mol. The van der Waals surface area contributed by atoms with Crippen LogP contribution < -0.4 is 10.1 Å². The van der Waals surface area contributed by atoms with Gasteiger partial charge in [0.05, 0.1) is 13.2 Å². The molecule has 1 aromatic rings. The summed E-state index contributed by atoms with van der Waals surface area (Å²) in [4.78, 5) is 16.3. The van der Waals surface area contributed by atoms with Crippen molar-refractivity contribution in [3.05, 3.63) is 23.9 Å². The normalized spacial score (nSPS) is 17.0. The van der Waals surface area contributed by atoms with Crippen molar-refractivity contribution in [3.63, 3.8) is 0 Å². The predicted octanol–water partition coefficient (Wildman–Crippen LogP) is 2.29. The summed E-state index contributed by atoms with van der Waals surface area (Å²) >= 11 is 0. The van der Waals surface area contributed by atoms with E-state index in [0.717, 1.165) is 25.7 Å². The molecule has 0 spiro atoms.